The molecule has 1 N–H and O–H groups in total. The molecule has 112 valence electrons. The zero-order valence-electron chi connectivity index (χ0n) is 11.5. The summed E-state index contributed by atoms with van der Waals surface area (Å²) in [5, 5.41) is 16.4. The number of aryl methyl sites for hydroxylation is 2. The van der Waals surface area contributed by atoms with Crippen LogP contribution >= 0.6 is 11.3 Å². The molecule has 6 nitrogen and oxygen atoms in total. The average molecular weight is 308 g/mol. The number of carboxylic acid groups (broad SMARTS) is 1. The monoisotopic (exact) mass is 308 g/mol. The van der Waals surface area contributed by atoms with E-state index in [1.165, 1.54) is 29.7 Å². The molecule has 0 atom stereocenters. The second-order valence-corrected chi connectivity index (χ2v) is 6.14. The molecule has 0 bridgehead atoms. The SMILES string of the molecule is O=C(O)COCc1nnc(-c2cc3c(s2)CCCCC3)o1. The van der Waals surface area contributed by atoms with Gasteiger partial charge in [-0.25, -0.2) is 4.79 Å². The Morgan fingerprint density at radius 1 is 1.33 bits per heavy atom. The number of rotatable bonds is 5. The second kappa shape index (κ2) is 6.36. The minimum atomic E-state index is -1.02. The van der Waals surface area contributed by atoms with Crippen LogP contribution < -0.4 is 0 Å². The fourth-order valence-corrected chi connectivity index (χ4v) is 3.58. The van der Waals surface area contributed by atoms with Gasteiger partial charge in [0.05, 0.1) is 4.88 Å². The highest BCUT2D eigenvalue weighted by atomic mass is 32.1. The zero-order chi connectivity index (χ0) is 14.7. The van der Waals surface area contributed by atoms with E-state index < -0.39 is 5.97 Å². The molecule has 0 spiro atoms. The van der Waals surface area contributed by atoms with Crippen LogP contribution in [-0.4, -0.2) is 27.9 Å². The molecular weight excluding hydrogens is 292 g/mol. The molecule has 0 amide bonds. The molecule has 2 aromatic heterocycles. The summed E-state index contributed by atoms with van der Waals surface area (Å²) in [5.41, 5.74) is 1.40. The van der Waals surface area contributed by atoms with E-state index in [0.717, 1.165) is 17.7 Å². The van der Waals surface area contributed by atoms with Crippen molar-refractivity contribution in [3.63, 3.8) is 0 Å². The van der Waals surface area contributed by atoms with Crippen molar-refractivity contribution in [2.45, 2.75) is 38.7 Å². The quantitative estimate of drug-likeness (QED) is 0.855. The van der Waals surface area contributed by atoms with Crippen molar-refractivity contribution in [3.05, 3.63) is 22.4 Å². The van der Waals surface area contributed by atoms with Gasteiger partial charge in [0.1, 0.15) is 13.2 Å². The number of ether oxygens (including phenoxy) is 1. The predicted octanol–water partition coefficient (Wildman–Crippen LogP) is 2.67. The minimum absolute atomic E-state index is 0.0182. The summed E-state index contributed by atoms with van der Waals surface area (Å²) >= 11 is 1.71. The van der Waals surface area contributed by atoms with Gasteiger partial charge in [-0.3, -0.25) is 0 Å². The van der Waals surface area contributed by atoms with Crippen molar-refractivity contribution in [1.29, 1.82) is 0 Å². The van der Waals surface area contributed by atoms with Gasteiger partial charge in [-0.1, -0.05) is 6.42 Å². The van der Waals surface area contributed by atoms with Crippen LogP contribution in [0.3, 0.4) is 0 Å². The van der Waals surface area contributed by atoms with E-state index in [4.69, 9.17) is 14.3 Å². The third kappa shape index (κ3) is 3.48. The molecular formula is C14H16N2O4S. The normalized spacial score (nSPS) is 14.7. The van der Waals surface area contributed by atoms with E-state index in [1.807, 2.05) is 0 Å². The lowest BCUT2D eigenvalue weighted by atomic mass is 10.1. The third-order valence-electron chi connectivity index (χ3n) is 3.38. The van der Waals surface area contributed by atoms with E-state index in [-0.39, 0.29) is 13.2 Å². The molecule has 2 aromatic rings. The van der Waals surface area contributed by atoms with Gasteiger partial charge in [-0.15, -0.1) is 21.5 Å². The van der Waals surface area contributed by atoms with Crippen LogP contribution in [0.25, 0.3) is 10.8 Å². The largest absolute Gasteiger partial charge is 0.480 e. The Hall–Kier alpha value is -1.73. The van der Waals surface area contributed by atoms with Gasteiger partial charge in [-0.05, 0) is 37.3 Å². The van der Waals surface area contributed by atoms with Crippen LogP contribution in [0.4, 0.5) is 0 Å². The Kier molecular flexibility index (Phi) is 4.31. The Labute approximate surface area is 125 Å². The van der Waals surface area contributed by atoms with E-state index in [9.17, 15) is 4.79 Å². The standard InChI is InChI=1S/C14H16N2O4S/c17-13(18)8-19-7-12-15-16-14(20-12)11-6-9-4-2-1-3-5-10(9)21-11/h6H,1-5,7-8H2,(H,17,18). The summed E-state index contributed by atoms with van der Waals surface area (Å²) in [4.78, 5) is 12.8. The highest BCUT2D eigenvalue weighted by molar-refractivity contribution is 7.15. The maximum absolute atomic E-state index is 10.4. The van der Waals surface area contributed by atoms with Gasteiger partial charge in [-0.2, -0.15) is 0 Å². The number of hydrogen-bond donors (Lipinski definition) is 1. The van der Waals surface area contributed by atoms with Gasteiger partial charge in [0.25, 0.3) is 5.89 Å². The smallest absolute Gasteiger partial charge is 0.329 e. The van der Waals surface area contributed by atoms with Gasteiger partial charge < -0.3 is 14.3 Å². The van der Waals surface area contributed by atoms with Crippen molar-refractivity contribution in [3.8, 4) is 10.8 Å². The fraction of sp³-hybridized carbons (Fsp3) is 0.500. The summed E-state index contributed by atoms with van der Waals surface area (Å²) < 4.78 is 10.5. The number of carbonyl (C=O) groups is 1. The first kappa shape index (κ1) is 14.2. The summed E-state index contributed by atoms with van der Waals surface area (Å²) in [5.74, 6) is -0.228. The third-order valence-corrected chi connectivity index (χ3v) is 4.60. The average Bonchev–Trinajstić information content (AvgIpc) is 3.01. The zero-order valence-corrected chi connectivity index (χ0v) is 12.3. The minimum Gasteiger partial charge on any atom is -0.480 e. The highest BCUT2D eigenvalue weighted by Crippen LogP contribution is 2.34. The Balaban J connectivity index is 1.69. The fourth-order valence-electron chi connectivity index (χ4n) is 2.41. The molecule has 0 unspecified atom stereocenters. The number of fused-ring (bicyclic) bond motifs is 1. The van der Waals surface area contributed by atoms with Crippen molar-refractivity contribution in [1.82, 2.24) is 10.2 Å². The number of aromatic nitrogens is 2. The van der Waals surface area contributed by atoms with Crippen LogP contribution in [0.1, 0.15) is 35.6 Å². The lowest BCUT2D eigenvalue weighted by Crippen LogP contribution is -2.06. The molecule has 21 heavy (non-hydrogen) atoms. The maximum Gasteiger partial charge on any atom is 0.329 e. The first-order chi connectivity index (χ1) is 10.2. The van der Waals surface area contributed by atoms with Crippen LogP contribution in [0.5, 0.6) is 0 Å². The van der Waals surface area contributed by atoms with Gasteiger partial charge in [0.2, 0.25) is 5.89 Å². The molecule has 0 saturated carbocycles. The summed E-state index contributed by atoms with van der Waals surface area (Å²) in [6.07, 6.45) is 6.02. The van der Waals surface area contributed by atoms with Crippen LogP contribution in [0.2, 0.25) is 0 Å². The first-order valence-electron chi connectivity index (χ1n) is 6.96. The molecule has 0 aliphatic heterocycles. The van der Waals surface area contributed by atoms with E-state index in [1.54, 1.807) is 11.3 Å². The number of aliphatic carboxylic acids is 1. The Morgan fingerprint density at radius 2 is 2.19 bits per heavy atom. The van der Waals surface area contributed by atoms with E-state index in [2.05, 4.69) is 16.3 Å². The molecule has 7 heteroatoms. The summed E-state index contributed by atoms with van der Waals surface area (Å²) in [6.45, 7) is -0.352. The van der Waals surface area contributed by atoms with Gasteiger partial charge in [0, 0.05) is 4.88 Å². The van der Waals surface area contributed by atoms with Crippen molar-refractivity contribution in [2.24, 2.45) is 0 Å². The molecule has 0 fully saturated rings. The van der Waals surface area contributed by atoms with Crippen molar-refractivity contribution < 1.29 is 19.1 Å². The lowest BCUT2D eigenvalue weighted by molar-refractivity contribution is -0.142. The Morgan fingerprint density at radius 3 is 3.05 bits per heavy atom. The molecule has 1 aliphatic rings. The first-order valence-corrected chi connectivity index (χ1v) is 7.78. The number of thiophene rings is 1. The number of carboxylic acids is 1. The maximum atomic E-state index is 10.4. The summed E-state index contributed by atoms with van der Waals surface area (Å²) in [7, 11) is 0. The van der Waals surface area contributed by atoms with Crippen molar-refractivity contribution in [2.75, 3.05) is 6.61 Å². The topological polar surface area (TPSA) is 85.5 Å². The van der Waals surface area contributed by atoms with Gasteiger partial charge >= 0.3 is 5.97 Å². The van der Waals surface area contributed by atoms with Crippen LogP contribution in [-0.2, 0) is 29.0 Å². The van der Waals surface area contributed by atoms with Crippen LogP contribution in [0.15, 0.2) is 10.5 Å². The molecule has 0 radical (unpaired) electrons. The molecule has 3 rings (SSSR count). The predicted molar refractivity (Wildman–Crippen MR) is 76.2 cm³/mol. The number of nitrogens with zero attached hydrogens (tertiary/aromatic N) is 2. The van der Waals surface area contributed by atoms with E-state index >= 15 is 0 Å². The molecule has 0 aromatic carbocycles. The van der Waals surface area contributed by atoms with Gasteiger partial charge in [0.15, 0.2) is 0 Å². The second-order valence-electron chi connectivity index (χ2n) is 5.01. The lowest BCUT2D eigenvalue weighted by Gasteiger charge is -1.95. The Bertz CT molecular complexity index is 611. The van der Waals surface area contributed by atoms with E-state index in [0.29, 0.717) is 11.8 Å². The molecule has 0 saturated heterocycles. The number of hydrogen-bond acceptors (Lipinski definition) is 6. The molecule has 2 heterocycles. The summed E-state index contributed by atoms with van der Waals surface area (Å²) in [6, 6.07) is 2.14. The van der Waals surface area contributed by atoms with Crippen molar-refractivity contribution >= 4 is 17.3 Å². The van der Waals surface area contributed by atoms with Crippen LogP contribution in [0, 0.1) is 0 Å². The molecule has 1 aliphatic carbocycles. The highest BCUT2D eigenvalue weighted by Gasteiger charge is 2.17.